The van der Waals surface area contributed by atoms with Gasteiger partial charge in [-0.3, -0.25) is 14.9 Å². The van der Waals surface area contributed by atoms with Gasteiger partial charge in [0.25, 0.3) is 0 Å². The van der Waals surface area contributed by atoms with Gasteiger partial charge in [0.15, 0.2) is 0 Å². The predicted octanol–water partition coefficient (Wildman–Crippen LogP) is 1.53. The molecule has 0 aromatic rings. The molecule has 7 heteroatoms. The average molecular weight is 300 g/mol. The fraction of sp³-hybridized carbons (Fsp3) is 0.857. The third-order valence-corrected chi connectivity index (χ3v) is 4.03. The lowest BCUT2D eigenvalue weighted by Gasteiger charge is -2.26. The molecule has 3 atom stereocenters. The second-order valence-corrected chi connectivity index (χ2v) is 5.91. The minimum atomic E-state index is -0.708. The van der Waals surface area contributed by atoms with Crippen molar-refractivity contribution < 1.29 is 19.2 Å². The van der Waals surface area contributed by atoms with E-state index in [1.165, 1.54) is 7.11 Å². The van der Waals surface area contributed by atoms with E-state index >= 15 is 0 Å². The van der Waals surface area contributed by atoms with Crippen molar-refractivity contribution in [3.05, 3.63) is 10.1 Å². The van der Waals surface area contributed by atoms with Crippen LogP contribution >= 0.6 is 0 Å². The van der Waals surface area contributed by atoms with Crippen LogP contribution in [0.5, 0.6) is 0 Å². The molecule has 0 aromatic heterocycles. The number of hydrogen-bond acceptors (Lipinski definition) is 5. The number of carbonyl (C=O) groups excluding carboxylic acids is 2. The molecule has 0 unspecified atom stereocenters. The molecule has 0 aromatic carbocycles. The minimum Gasteiger partial charge on any atom is -0.467 e. The number of rotatable bonds is 6. The van der Waals surface area contributed by atoms with Gasteiger partial charge in [-0.15, -0.1) is 0 Å². The van der Waals surface area contributed by atoms with Crippen LogP contribution in [0.2, 0.25) is 0 Å². The first-order valence-corrected chi connectivity index (χ1v) is 7.37. The van der Waals surface area contributed by atoms with Crippen LogP contribution in [0.15, 0.2) is 0 Å². The van der Waals surface area contributed by atoms with Gasteiger partial charge in [0.1, 0.15) is 6.04 Å². The van der Waals surface area contributed by atoms with Crippen molar-refractivity contribution in [3.8, 4) is 0 Å². The van der Waals surface area contributed by atoms with Crippen LogP contribution in [0.25, 0.3) is 0 Å². The average Bonchev–Trinajstić information content (AvgIpc) is 2.44. The summed E-state index contributed by atoms with van der Waals surface area (Å²) in [5.74, 6) is -1.16. The molecule has 7 nitrogen and oxygen atoms in total. The molecule has 0 saturated heterocycles. The Morgan fingerprint density at radius 2 is 1.95 bits per heavy atom. The van der Waals surface area contributed by atoms with Crippen LogP contribution in [0, 0.1) is 22.0 Å². The van der Waals surface area contributed by atoms with Crippen molar-refractivity contribution in [2.75, 3.05) is 7.11 Å². The maximum atomic E-state index is 12.1. The second kappa shape index (κ2) is 7.95. The topological polar surface area (TPSA) is 98.5 Å². The number of carbonyl (C=O) groups is 2. The zero-order valence-electron chi connectivity index (χ0n) is 12.8. The lowest BCUT2D eigenvalue weighted by atomic mass is 9.82. The van der Waals surface area contributed by atoms with E-state index in [1.807, 2.05) is 13.8 Å². The van der Waals surface area contributed by atoms with E-state index in [2.05, 4.69) is 10.1 Å². The van der Waals surface area contributed by atoms with Crippen molar-refractivity contribution in [2.24, 2.45) is 11.8 Å². The van der Waals surface area contributed by atoms with Gasteiger partial charge in [0.2, 0.25) is 11.9 Å². The first-order chi connectivity index (χ1) is 9.86. The normalized spacial score (nSPS) is 23.4. The number of esters is 1. The van der Waals surface area contributed by atoms with Crippen LogP contribution < -0.4 is 5.32 Å². The molecule has 21 heavy (non-hydrogen) atoms. The molecule has 1 aliphatic carbocycles. The number of nitrogens with one attached hydrogen (secondary N) is 1. The highest BCUT2D eigenvalue weighted by Gasteiger charge is 2.36. The Bertz CT molecular complexity index is 397. The van der Waals surface area contributed by atoms with Gasteiger partial charge in [-0.2, -0.15) is 0 Å². The summed E-state index contributed by atoms with van der Waals surface area (Å²) in [7, 11) is 1.27. The molecule has 0 spiro atoms. The van der Waals surface area contributed by atoms with Crippen LogP contribution in [-0.2, 0) is 14.3 Å². The van der Waals surface area contributed by atoms with Gasteiger partial charge >= 0.3 is 5.97 Å². The van der Waals surface area contributed by atoms with Gasteiger partial charge in [0, 0.05) is 23.7 Å². The molecule has 1 saturated carbocycles. The molecule has 1 amide bonds. The van der Waals surface area contributed by atoms with Crippen molar-refractivity contribution in [1.82, 2.24) is 5.32 Å². The lowest BCUT2D eigenvalue weighted by molar-refractivity contribution is -0.535. The van der Waals surface area contributed by atoms with Gasteiger partial charge < -0.3 is 10.1 Å². The van der Waals surface area contributed by atoms with Gasteiger partial charge in [-0.1, -0.05) is 20.3 Å². The zero-order chi connectivity index (χ0) is 16.0. The van der Waals surface area contributed by atoms with Crippen molar-refractivity contribution in [2.45, 2.75) is 58.0 Å². The largest absolute Gasteiger partial charge is 0.467 e. The van der Waals surface area contributed by atoms with Crippen molar-refractivity contribution in [3.63, 3.8) is 0 Å². The lowest BCUT2D eigenvalue weighted by Crippen LogP contribution is -2.46. The maximum absolute atomic E-state index is 12.1. The van der Waals surface area contributed by atoms with Crippen LogP contribution in [0.1, 0.15) is 46.0 Å². The third kappa shape index (κ3) is 4.99. The van der Waals surface area contributed by atoms with E-state index in [0.717, 1.165) is 12.8 Å². The number of amides is 1. The highest BCUT2D eigenvalue weighted by atomic mass is 16.6. The monoisotopic (exact) mass is 300 g/mol. The Hall–Kier alpha value is -1.66. The van der Waals surface area contributed by atoms with Crippen molar-refractivity contribution in [1.29, 1.82) is 0 Å². The molecule has 1 N–H and O–H groups in total. The maximum Gasteiger partial charge on any atom is 0.328 e. The smallest absolute Gasteiger partial charge is 0.328 e. The highest BCUT2D eigenvalue weighted by molar-refractivity contribution is 5.84. The SMILES string of the molecule is COC(=O)[C@@H](NC(=O)C[C@H]1CCCC[C@@H]1[N+](=O)[O-])C(C)C. The van der Waals surface area contributed by atoms with Gasteiger partial charge in [-0.25, -0.2) is 4.79 Å². The van der Waals surface area contributed by atoms with E-state index < -0.39 is 18.1 Å². The van der Waals surface area contributed by atoms with E-state index in [4.69, 9.17) is 0 Å². The Kier molecular flexibility index (Phi) is 6.58. The van der Waals surface area contributed by atoms with Crippen LogP contribution in [0.4, 0.5) is 0 Å². The second-order valence-electron chi connectivity index (χ2n) is 5.91. The fourth-order valence-corrected chi connectivity index (χ4v) is 2.80. The summed E-state index contributed by atoms with van der Waals surface area (Å²) >= 11 is 0. The Morgan fingerprint density at radius 3 is 2.48 bits per heavy atom. The molecular weight excluding hydrogens is 276 g/mol. The Balaban J connectivity index is 2.62. The third-order valence-electron chi connectivity index (χ3n) is 4.03. The minimum absolute atomic E-state index is 0.0891. The standard InChI is InChI=1S/C14H24N2O5/c1-9(2)13(14(18)21-3)15-12(17)8-10-6-4-5-7-11(10)16(19)20/h9-11,13H,4-8H2,1-3H3,(H,15,17)/t10-,11+,13+/m1/s1. The molecule has 0 aliphatic heterocycles. The highest BCUT2D eigenvalue weighted by Crippen LogP contribution is 2.29. The Labute approximate surface area is 124 Å². The Morgan fingerprint density at radius 1 is 1.33 bits per heavy atom. The summed E-state index contributed by atoms with van der Waals surface area (Å²) in [6.07, 6.45) is 3.04. The van der Waals surface area contributed by atoms with E-state index in [0.29, 0.717) is 12.8 Å². The molecular formula is C14H24N2O5. The molecule has 0 radical (unpaired) electrons. The zero-order valence-corrected chi connectivity index (χ0v) is 12.8. The first-order valence-electron chi connectivity index (χ1n) is 7.37. The summed E-state index contributed by atoms with van der Waals surface area (Å²) in [5, 5.41) is 13.7. The quantitative estimate of drug-likeness (QED) is 0.455. The number of methoxy groups -OCH3 is 1. The summed E-state index contributed by atoms with van der Waals surface area (Å²) in [4.78, 5) is 34.4. The molecule has 1 rings (SSSR count). The fourth-order valence-electron chi connectivity index (χ4n) is 2.80. The number of nitro groups is 1. The molecule has 0 bridgehead atoms. The molecule has 1 fully saturated rings. The van der Waals surface area contributed by atoms with Gasteiger partial charge in [-0.05, 0) is 18.8 Å². The number of ether oxygens (including phenoxy) is 1. The molecule has 0 heterocycles. The summed E-state index contributed by atoms with van der Waals surface area (Å²) < 4.78 is 4.66. The molecule has 1 aliphatic rings. The van der Waals surface area contributed by atoms with E-state index in [-0.39, 0.29) is 29.1 Å². The van der Waals surface area contributed by atoms with E-state index in [1.54, 1.807) is 0 Å². The number of nitrogens with zero attached hydrogens (tertiary/aromatic N) is 1. The first kappa shape index (κ1) is 17.4. The van der Waals surface area contributed by atoms with Gasteiger partial charge in [0.05, 0.1) is 7.11 Å². The molecule has 120 valence electrons. The summed E-state index contributed by atoms with van der Waals surface area (Å²) in [6.45, 7) is 3.62. The van der Waals surface area contributed by atoms with Crippen LogP contribution in [-0.4, -0.2) is 36.0 Å². The van der Waals surface area contributed by atoms with Crippen molar-refractivity contribution >= 4 is 11.9 Å². The summed E-state index contributed by atoms with van der Waals surface area (Å²) in [5.41, 5.74) is 0. The number of hydrogen-bond donors (Lipinski definition) is 1. The predicted molar refractivity (Wildman–Crippen MR) is 76.1 cm³/mol. The van der Waals surface area contributed by atoms with E-state index in [9.17, 15) is 19.7 Å². The summed E-state index contributed by atoms with van der Waals surface area (Å²) in [6, 6.07) is -1.36. The van der Waals surface area contributed by atoms with Crippen LogP contribution in [0.3, 0.4) is 0 Å².